The van der Waals surface area contributed by atoms with E-state index in [1.54, 1.807) is 0 Å². The Labute approximate surface area is 162 Å². The van der Waals surface area contributed by atoms with Gasteiger partial charge in [-0.2, -0.15) is 4.98 Å². The van der Waals surface area contributed by atoms with Crippen molar-refractivity contribution in [1.82, 2.24) is 9.97 Å². The van der Waals surface area contributed by atoms with E-state index in [0.29, 0.717) is 10.8 Å². The predicted molar refractivity (Wildman–Crippen MR) is 109 cm³/mol. The Balaban J connectivity index is 1.55. The van der Waals surface area contributed by atoms with Crippen molar-refractivity contribution in [1.29, 1.82) is 0 Å². The normalized spacial score (nSPS) is 10.5. The molecule has 0 atom stereocenters. The third kappa shape index (κ3) is 5.25. The number of nitrogen functional groups attached to an aromatic ring is 1. The summed E-state index contributed by atoms with van der Waals surface area (Å²) in [5, 5.41) is 7.13. The molecule has 0 fully saturated rings. The molecule has 7 heteroatoms. The van der Waals surface area contributed by atoms with Crippen molar-refractivity contribution in [2.75, 3.05) is 22.9 Å². The molecule has 4 N–H and O–H groups in total. The monoisotopic (exact) mass is 387 g/mol. The fourth-order valence-electron chi connectivity index (χ4n) is 2.55. The number of nitrogens with two attached hydrogens (primary N) is 1. The minimum Gasteiger partial charge on any atom is -0.399 e. The summed E-state index contributed by atoms with van der Waals surface area (Å²) in [6.45, 7) is 0.859. The van der Waals surface area contributed by atoms with Crippen molar-refractivity contribution in [2.45, 2.75) is 12.8 Å². The Hall–Kier alpha value is -2.50. The maximum Gasteiger partial charge on any atom is 0.224 e. The number of halogens is 2. The minimum absolute atomic E-state index is 0.146. The first-order valence-electron chi connectivity index (χ1n) is 8.23. The van der Waals surface area contributed by atoms with Gasteiger partial charge in [-0.1, -0.05) is 29.8 Å². The number of aromatic nitrogens is 2. The first-order valence-corrected chi connectivity index (χ1v) is 8.99. The van der Waals surface area contributed by atoms with Crippen LogP contribution in [0.4, 0.5) is 22.9 Å². The summed E-state index contributed by atoms with van der Waals surface area (Å²) >= 11 is 11.9. The summed E-state index contributed by atoms with van der Waals surface area (Å²) in [5.41, 5.74) is 9.73. The molecule has 3 aromatic rings. The van der Waals surface area contributed by atoms with Gasteiger partial charge in [-0.05, 0) is 60.3 Å². The van der Waals surface area contributed by atoms with Crippen LogP contribution in [-0.2, 0) is 6.42 Å². The second-order valence-corrected chi connectivity index (χ2v) is 6.56. The van der Waals surface area contributed by atoms with Gasteiger partial charge in [0.25, 0.3) is 0 Å². The number of nitrogens with zero attached hydrogens (tertiary/aromatic N) is 2. The molecular weight excluding hydrogens is 369 g/mol. The molecular formula is C19H19Cl2N5. The lowest BCUT2D eigenvalue weighted by Crippen LogP contribution is -2.04. The van der Waals surface area contributed by atoms with Gasteiger partial charge in [-0.25, -0.2) is 4.98 Å². The lowest BCUT2D eigenvalue weighted by Gasteiger charge is -2.11. The summed E-state index contributed by atoms with van der Waals surface area (Å²) in [6, 6.07) is 15.9. The number of anilines is 4. The number of hydrogen-bond donors (Lipinski definition) is 3. The minimum atomic E-state index is 0.146. The fourth-order valence-corrected chi connectivity index (χ4v) is 2.82. The molecule has 0 saturated carbocycles. The first kappa shape index (κ1) is 18.3. The van der Waals surface area contributed by atoms with Gasteiger partial charge in [0.15, 0.2) is 5.82 Å². The van der Waals surface area contributed by atoms with E-state index in [-0.39, 0.29) is 5.28 Å². The summed E-state index contributed by atoms with van der Waals surface area (Å²) in [6.07, 6.45) is 3.46. The number of nitrogens with one attached hydrogen (secondary N) is 2. The lowest BCUT2D eigenvalue weighted by atomic mass is 10.1. The summed E-state index contributed by atoms with van der Waals surface area (Å²) in [4.78, 5) is 7.94. The van der Waals surface area contributed by atoms with Crippen LogP contribution in [0.2, 0.25) is 10.3 Å². The van der Waals surface area contributed by atoms with Crippen molar-refractivity contribution >= 4 is 46.1 Å². The second-order valence-electron chi connectivity index (χ2n) is 5.82. The van der Waals surface area contributed by atoms with E-state index in [4.69, 9.17) is 28.9 Å². The molecule has 0 saturated heterocycles. The van der Waals surface area contributed by atoms with Crippen LogP contribution >= 0.6 is 23.2 Å². The van der Waals surface area contributed by atoms with Crippen LogP contribution in [0.15, 0.2) is 54.7 Å². The number of benzene rings is 2. The largest absolute Gasteiger partial charge is 0.399 e. The molecule has 0 spiro atoms. The van der Waals surface area contributed by atoms with Crippen LogP contribution in [-0.4, -0.2) is 16.5 Å². The van der Waals surface area contributed by atoms with Gasteiger partial charge in [0.05, 0.1) is 6.20 Å². The van der Waals surface area contributed by atoms with Crippen LogP contribution in [0.3, 0.4) is 0 Å². The molecule has 0 bridgehead atoms. The zero-order chi connectivity index (χ0) is 18.4. The molecule has 0 aliphatic rings. The molecule has 5 nitrogen and oxygen atoms in total. The highest BCUT2D eigenvalue weighted by molar-refractivity contribution is 6.33. The fraction of sp³-hybridized carbons (Fsp3) is 0.158. The van der Waals surface area contributed by atoms with Crippen LogP contribution in [0.25, 0.3) is 0 Å². The lowest BCUT2D eigenvalue weighted by molar-refractivity contribution is 0.863. The van der Waals surface area contributed by atoms with Gasteiger partial charge in [-0.15, -0.1) is 0 Å². The Morgan fingerprint density at radius 1 is 1.00 bits per heavy atom. The van der Waals surface area contributed by atoms with Gasteiger partial charge >= 0.3 is 0 Å². The molecule has 3 rings (SSSR count). The third-order valence-electron chi connectivity index (χ3n) is 3.76. The van der Waals surface area contributed by atoms with Crippen molar-refractivity contribution in [3.63, 3.8) is 0 Å². The highest BCUT2D eigenvalue weighted by Gasteiger charge is 2.05. The highest BCUT2D eigenvalue weighted by atomic mass is 35.5. The Kier molecular flexibility index (Phi) is 6.15. The number of aryl methyl sites for hydroxylation is 1. The average Bonchev–Trinajstić information content (AvgIpc) is 2.62. The van der Waals surface area contributed by atoms with Gasteiger partial charge in [0.2, 0.25) is 5.28 Å². The molecule has 134 valence electrons. The van der Waals surface area contributed by atoms with E-state index in [9.17, 15) is 0 Å². The van der Waals surface area contributed by atoms with Gasteiger partial charge in [0.1, 0.15) is 5.02 Å². The highest BCUT2D eigenvalue weighted by Crippen LogP contribution is 2.25. The van der Waals surface area contributed by atoms with Crippen LogP contribution in [0.1, 0.15) is 12.0 Å². The number of hydrogen-bond acceptors (Lipinski definition) is 5. The quantitative estimate of drug-likeness (QED) is 0.296. The van der Waals surface area contributed by atoms with Crippen molar-refractivity contribution in [2.24, 2.45) is 0 Å². The molecule has 0 unspecified atom stereocenters. The van der Waals surface area contributed by atoms with Gasteiger partial charge in [-0.3, -0.25) is 0 Å². The summed E-state index contributed by atoms with van der Waals surface area (Å²) in [5.74, 6) is 0.477. The standard InChI is InChI=1S/C19H19Cl2N5/c20-17-12-24-19(21)26-18(17)25-16-8-2-7-15(11-16)23-9-3-5-13-4-1-6-14(22)10-13/h1-2,4,6-8,10-12,23H,3,5,9,22H2,(H,24,25,26). The van der Waals surface area contributed by atoms with E-state index < -0.39 is 0 Å². The second kappa shape index (κ2) is 8.74. The Morgan fingerprint density at radius 2 is 1.81 bits per heavy atom. The van der Waals surface area contributed by atoms with E-state index in [0.717, 1.165) is 36.4 Å². The molecule has 26 heavy (non-hydrogen) atoms. The van der Waals surface area contributed by atoms with Crippen LogP contribution < -0.4 is 16.4 Å². The topological polar surface area (TPSA) is 75.9 Å². The van der Waals surface area contributed by atoms with Gasteiger partial charge in [0, 0.05) is 23.6 Å². The molecule has 2 aromatic carbocycles. The predicted octanol–water partition coefficient (Wildman–Crippen LogP) is 5.15. The molecule has 1 aromatic heterocycles. The van der Waals surface area contributed by atoms with Crippen molar-refractivity contribution < 1.29 is 0 Å². The third-order valence-corrected chi connectivity index (χ3v) is 4.22. The molecule has 0 radical (unpaired) electrons. The van der Waals surface area contributed by atoms with Crippen molar-refractivity contribution in [3.05, 3.63) is 70.6 Å². The Bertz CT molecular complexity index is 885. The number of rotatable bonds is 7. The molecule has 0 aliphatic heterocycles. The summed E-state index contributed by atoms with van der Waals surface area (Å²) < 4.78 is 0. The molecule has 1 heterocycles. The zero-order valence-corrected chi connectivity index (χ0v) is 15.6. The first-order chi connectivity index (χ1) is 12.6. The van der Waals surface area contributed by atoms with Gasteiger partial charge < -0.3 is 16.4 Å². The molecule has 0 aliphatic carbocycles. The van der Waals surface area contributed by atoms with E-state index >= 15 is 0 Å². The SMILES string of the molecule is Nc1cccc(CCCNc2cccc(Nc3nc(Cl)ncc3Cl)c2)c1. The Morgan fingerprint density at radius 3 is 2.65 bits per heavy atom. The summed E-state index contributed by atoms with van der Waals surface area (Å²) in [7, 11) is 0. The average molecular weight is 388 g/mol. The smallest absolute Gasteiger partial charge is 0.224 e. The van der Waals surface area contributed by atoms with E-state index in [1.807, 2.05) is 42.5 Å². The zero-order valence-electron chi connectivity index (χ0n) is 14.0. The molecule has 0 amide bonds. The van der Waals surface area contributed by atoms with Crippen LogP contribution in [0.5, 0.6) is 0 Å². The van der Waals surface area contributed by atoms with E-state index in [2.05, 4.69) is 26.7 Å². The van der Waals surface area contributed by atoms with E-state index in [1.165, 1.54) is 11.8 Å². The van der Waals surface area contributed by atoms with Crippen molar-refractivity contribution in [3.8, 4) is 0 Å². The maximum absolute atomic E-state index is 6.09. The van der Waals surface area contributed by atoms with Crippen LogP contribution in [0, 0.1) is 0 Å². The maximum atomic E-state index is 6.09.